The summed E-state index contributed by atoms with van der Waals surface area (Å²) in [6, 6.07) is 7.48. The summed E-state index contributed by atoms with van der Waals surface area (Å²) in [5.41, 5.74) is 0.997. The highest BCUT2D eigenvalue weighted by Crippen LogP contribution is 2.30. The third-order valence-corrected chi connectivity index (χ3v) is 7.73. The summed E-state index contributed by atoms with van der Waals surface area (Å²) in [5, 5.41) is 3.35. The molecule has 2 aliphatic rings. The summed E-state index contributed by atoms with van der Waals surface area (Å²) in [6.45, 7) is 4.44. The third kappa shape index (κ3) is 4.83. The molecule has 1 aliphatic heterocycles. The van der Waals surface area contributed by atoms with E-state index in [4.69, 9.17) is 0 Å². The highest BCUT2D eigenvalue weighted by molar-refractivity contribution is 7.89. The molecule has 3 rings (SSSR count). The van der Waals surface area contributed by atoms with Crippen LogP contribution < -0.4 is 5.32 Å². The van der Waals surface area contributed by atoms with E-state index in [9.17, 15) is 8.42 Å². The molecule has 2 fully saturated rings. The van der Waals surface area contributed by atoms with Gasteiger partial charge in [-0.1, -0.05) is 37.8 Å². The molecular weight excluding hydrogens is 332 g/mol. The van der Waals surface area contributed by atoms with Crippen LogP contribution in [0, 0.1) is 12.8 Å². The van der Waals surface area contributed by atoms with Gasteiger partial charge in [0.25, 0.3) is 0 Å². The largest absolute Gasteiger partial charge is 0.317 e. The van der Waals surface area contributed by atoms with Crippen LogP contribution in [0.3, 0.4) is 0 Å². The lowest BCUT2D eigenvalue weighted by atomic mass is 10.0. The summed E-state index contributed by atoms with van der Waals surface area (Å²) in [4.78, 5) is 0.451. The number of aryl methyl sites for hydroxylation is 1. The van der Waals surface area contributed by atoms with Crippen molar-refractivity contribution in [1.29, 1.82) is 0 Å². The van der Waals surface area contributed by atoms with E-state index in [0.717, 1.165) is 43.8 Å². The standard InChI is InChI=1S/C20H32N2O2S/c1-17-6-4-10-20(16-17)25(23,24)22(19-11-13-21-14-12-19)15-5-9-18-7-2-3-8-18/h4,6,10,16,18-19,21H,2-3,5,7-9,11-15H2,1H3. The van der Waals surface area contributed by atoms with Crippen molar-refractivity contribution in [3.63, 3.8) is 0 Å². The zero-order valence-electron chi connectivity index (χ0n) is 15.4. The number of piperidine rings is 1. The fourth-order valence-electron chi connectivity index (χ4n) is 4.34. The molecule has 0 amide bonds. The Hall–Kier alpha value is -0.910. The molecule has 1 heterocycles. The lowest BCUT2D eigenvalue weighted by Gasteiger charge is -2.34. The Morgan fingerprint density at radius 1 is 1.12 bits per heavy atom. The number of nitrogens with one attached hydrogen (secondary N) is 1. The summed E-state index contributed by atoms with van der Waals surface area (Å²) in [7, 11) is -3.41. The zero-order valence-corrected chi connectivity index (χ0v) is 16.2. The lowest BCUT2D eigenvalue weighted by molar-refractivity contribution is 0.254. The van der Waals surface area contributed by atoms with Gasteiger partial charge < -0.3 is 5.32 Å². The van der Waals surface area contributed by atoms with Gasteiger partial charge in [-0.05, 0) is 69.3 Å². The second-order valence-electron chi connectivity index (χ2n) is 7.71. The van der Waals surface area contributed by atoms with Crippen LogP contribution in [0.15, 0.2) is 29.2 Å². The zero-order chi connectivity index (χ0) is 17.7. The van der Waals surface area contributed by atoms with E-state index in [-0.39, 0.29) is 6.04 Å². The number of hydrogen-bond donors (Lipinski definition) is 1. The van der Waals surface area contributed by atoms with E-state index in [2.05, 4.69) is 5.32 Å². The number of benzene rings is 1. The Labute approximate surface area is 153 Å². The van der Waals surface area contributed by atoms with Crippen molar-refractivity contribution in [3.8, 4) is 0 Å². The Balaban J connectivity index is 1.74. The fraction of sp³-hybridized carbons (Fsp3) is 0.700. The Bertz CT molecular complexity index is 647. The number of nitrogens with zero attached hydrogens (tertiary/aromatic N) is 1. The van der Waals surface area contributed by atoms with Crippen molar-refractivity contribution in [1.82, 2.24) is 9.62 Å². The van der Waals surface area contributed by atoms with Crippen molar-refractivity contribution >= 4 is 10.0 Å². The summed E-state index contributed by atoms with van der Waals surface area (Å²) < 4.78 is 28.5. The molecule has 5 heteroatoms. The van der Waals surface area contributed by atoms with Crippen LogP contribution in [0.2, 0.25) is 0 Å². The first kappa shape index (κ1) is 18.9. The minimum Gasteiger partial charge on any atom is -0.317 e. The van der Waals surface area contributed by atoms with Gasteiger partial charge in [0.1, 0.15) is 0 Å². The van der Waals surface area contributed by atoms with Gasteiger partial charge in [-0.2, -0.15) is 4.31 Å². The fourth-order valence-corrected chi connectivity index (χ4v) is 6.17. The quantitative estimate of drug-likeness (QED) is 0.802. The van der Waals surface area contributed by atoms with E-state index >= 15 is 0 Å². The molecule has 1 saturated heterocycles. The van der Waals surface area contributed by atoms with Gasteiger partial charge in [0.2, 0.25) is 10.0 Å². The van der Waals surface area contributed by atoms with Crippen molar-refractivity contribution in [3.05, 3.63) is 29.8 Å². The molecule has 0 aromatic heterocycles. The van der Waals surface area contributed by atoms with Crippen molar-refractivity contribution in [2.45, 2.75) is 69.2 Å². The number of rotatable bonds is 7. The van der Waals surface area contributed by atoms with Gasteiger partial charge in [-0.3, -0.25) is 0 Å². The molecule has 1 saturated carbocycles. The Kier molecular flexibility index (Phi) is 6.53. The van der Waals surface area contributed by atoms with Crippen LogP contribution in [-0.4, -0.2) is 38.4 Å². The molecule has 1 aliphatic carbocycles. The molecule has 25 heavy (non-hydrogen) atoms. The molecule has 4 nitrogen and oxygen atoms in total. The van der Waals surface area contributed by atoms with Gasteiger partial charge >= 0.3 is 0 Å². The van der Waals surface area contributed by atoms with Crippen molar-refractivity contribution in [2.75, 3.05) is 19.6 Å². The maximum Gasteiger partial charge on any atom is 0.243 e. The second-order valence-corrected chi connectivity index (χ2v) is 9.60. The van der Waals surface area contributed by atoms with Crippen molar-refractivity contribution < 1.29 is 8.42 Å². The van der Waals surface area contributed by atoms with Gasteiger partial charge in [0.15, 0.2) is 0 Å². The van der Waals surface area contributed by atoms with Crippen LogP contribution in [-0.2, 0) is 10.0 Å². The highest BCUT2D eigenvalue weighted by atomic mass is 32.2. The van der Waals surface area contributed by atoms with Crippen LogP contribution in [0.4, 0.5) is 0 Å². The minimum absolute atomic E-state index is 0.135. The van der Waals surface area contributed by atoms with E-state index < -0.39 is 10.0 Å². The van der Waals surface area contributed by atoms with Crippen molar-refractivity contribution in [2.24, 2.45) is 5.92 Å². The summed E-state index contributed by atoms with van der Waals surface area (Å²) >= 11 is 0. The normalized spacial score (nSPS) is 20.4. The first-order chi connectivity index (χ1) is 12.1. The van der Waals surface area contributed by atoms with E-state index in [0.29, 0.717) is 11.4 Å². The minimum atomic E-state index is -3.41. The maximum absolute atomic E-state index is 13.3. The molecule has 0 unspecified atom stereocenters. The molecular formula is C20H32N2O2S. The topological polar surface area (TPSA) is 49.4 Å². The van der Waals surface area contributed by atoms with Crippen LogP contribution in [0.5, 0.6) is 0 Å². The molecule has 1 aromatic carbocycles. The number of sulfonamides is 1. The predicted octanol–water partition coefficient (Wildman–Crippen LogP) is 3.71. The van der Waals surface area contributed by atoms with Gasteiger partial charge in [-0.15, -0.1) is 0 Å². The van der Waals surface area contributed by atoms with E-state index in [1.165, 1.54) is 32.1 Å². The molecule has 0 spiro atoms. The monoisotopic (exact) mass is 364 g/mol. The molecule has 0 radical (unpaired) electrons. The van der Waals surface area contributed by atoms with Crippen LogP contribution >= 0.6 is 0 Å². The second kappa shape index (κ2) is 8.65. The summed E-state index contributed by atoms with van der Waals surface area (Å²) in [5.74, 6) is 0.816. The van der Waals surface area contributed by atoms with E-state index in [1.54, 1.807) is 12.1 Å². The smallest absolute Gasteiger partial charge is 0.243 e. The average molecular weight is 365 g/mol. The summed E-state index contributed by atoms with van der Waals surface area (Å²) in [6.07, 6.45) is 9.35. The molecule has 1 N–H and O–H groups in total. The Morgan fingerprint density at radius 2 is 1.84 bits per heavy atom. The first-order valence-electron chi connectivity index (χ1n) is 9.86. The first-order valence-corrected chi connectivity index (χ1v) is 11.3. The van der Waals surface area contributed by atoms with Gasteiger partial charge in [0, 0.05) is 12.6 Å². The lowest BCUT2D eigenvalue weighted by Crippen LogP contribution is -2.46. The Morgan fingerprint density at radius 3 is 2.52 bits per heavy atom. The van der Waals surface area contributed by atoms with Gasteiger partial charge in [-0.25, -0.2) is 8.42 Å². The molecule has 140 valence electrons. The predicted molar refractivity (Wildman–Crippen MR) is 102 cm³/mol. The molecule has 0 atom stereocenters. The third-order valence-electron chi connectivity index (χ3n) is 5.78. The van der Waals surface area contributed by atoms with Crippen LogP contribution in [0.25, 0.3) is 0 Å². The highest BCUT2D eigenvalue weighted by Gasteiger charge is 2.32. The van der Waals surface area contributed by atoms with Crippen LogP contribution in [0.1, 0.15) is 56.9 Å². The maximum atomic E-state index is 13.3. The average Bonchev–Trinajstić information content (AvgIpc) is 3.13. The van der Waals surface area contributed by atoms with Gasteiger partial charge in [0.05, 0.1) is 4.90 Å². The molecule has 0 bridgehead atoms. The SMILES string of the molecule is Cc1cccc(S(=O)(=O)N(CCCC2CCCC2)C2CCNCC2)c1. The molecule has 1 aromatic rings. The van der Waals surface area contributed by atoms with E-state index in [1.807, 2.05) is 23.4 Å². The number of hydrogen-bond acceptors (Lipinski definition) is 3.